The molecule has 0 unspecified atom stereocenters. The number of pyridine rings is 1. The lowest BCUT2D eigenvalue weighted by Crippen LogP contribution is -2.26. The van der Waals surface area contributed by atoms with Crippen molar-refractivity contribution >= 4 is 24.8 Å². The Bertz CT molecular complexity index is 404. The molecule has 1 fully saturated rings. The molecule has 0 aliphatic carbocycles. The Hall–Kier alpha value is -0.520. The fraction of sp³-hybridized carbons (Fsp3) is 0.583. The zero-order valence-electron chi connectivity index (χ0n) is 10.5. The molecule has 1 aliphatic rings. The van der Waals surface area contributed by atoms with Crippen LogP contribution in [0.4, 0.5) is 13.2 Å². The zero-order valence-corrected chi connectivity index (χ0v) is 12.1. The van der Waals surface area contributed by atoms with Crippen molar-refractivity contribution in [2.24, 2.45) is 0 Å². The fourth-order valence-electron chi connectivity index (χ4n) is 2.27. The van der Waals surface area contributed by atoms with Crippen LogP contribution in [-0.4, -0.2) is 18.1 Å². The Balaban J connectivity index is 0.00000162. The van der Waals surface area contributed by atoms with Gasteiger partial charge in [0.2, 0.25) is 0 Å². The Labute approximate surface area is 123 Å². The van der Waals surface area contributed by atoms with Crippen molar-refractivity contribution in [1.29, 1.82) is 0 Å². The van der Waals surface area contributed by atoms with E-state index >= 15 is 0 Å². The van der Waals surface area contributed by atoms with E-state index in [0.717, 1.165) is 31.5 Å². The van der Waals surface area contributed by atoms with Crippen LogP contribution in [0.5, 0.6) is 0 Å². The van der Waals surface area contributed by atoms with Crippen molar-refractivity contribution in [3.63, 3.8) is 0 Å². The van der Waals surface area contributed by atoms with Crippen molar-refractivity contribution in [1.82, 2.24) is 10.3 Å². The fourth-order valence-corrected chi connectivity index (χ4v) is 2.27. The first-order valence-corrected chi connectivity index (χ1v) is 5.73. The summed E-state index contributed by atoms with van der Waals surface area (Å²) in [7, 11) is 0. The number of halogens is 5. The van der Waals surface area contributed by atoms with Crippen molar-refractivity contribution < 1.29 is 13.2 Å². The maximum absolute atomic E-state index is 12.6. The van der Waals surface area contributed by atoms with Crippen LogP contribution < -0.4 is 5.32 Å². The molecule has 2 nitrogen and oxygen atoms in total. The second-order valence-electron chi connectivity index (χ2n) is 4.46. The molecule has 0 saturated carbocycles. The van der Waals surface area contributed by atoms with Gasteiger partial charge < -0.3 is 5.32 Å². The van der Waals surface area contributed by atoms with Gasteiger partial charge in [-0.15, -0.1) is 24.8 Å². The SMILES string of the molecule is Cc1cc(C2CCNCC2)cnc1C(F)(F)F.Cl.Cl. The summed E-state index contributed by atoms with van der Waals surface area (Å²) in [4.78, 5) is 3.58. The smallest absolute Gasteiger partial charge is 0.317 e. The van der Waals surface area contributed by atoms with Gasteiger partial charge in [0.1, 0.15) is 5.69 Å². The van der Waals surface area contributed by atoms with Crippen LogP contribution in [0.3, 0.4) is 0 Å². The van der Waals surface area contributed by atoms with Crippen LogP contribution in [0, 0.1) is 6.92 Å². The molecule has 7 heteroatoms. The van der Waals surface area contributed by atoms with E-state index < -0.39 is 11.9 Å². The van der Waals surface area contributed by atoms with Gasteiger partial charge in [-0.3, -0.25) is 4.98 Å². The van der Waals surface area contributed by atoms with Gasteiger partial charge >= 0.3 is 6.18 Å². The standard InChI is InChI=1S/C12H15F3N2.2ClH/c1-8-6-10(9-2-4-16-5-3-9)7-17-11(8)12(13,14)15;;/h6-7,9,16H,2-5H2,1H3;2*1H. The van der Waals surface area contributed by atoms with Gasteiger partial charge in [0.15, 0.2) is 0 Å². The van der Waals surface area contributed by atoms with Crippen molar-refractivity contribution in [2.75, 3.05) is 13.1 Å². The first-order valence-electron chi connectivity index (χ1n) is 5.73. The van der Waals surface area contributed by atoms with E-state index in [1.165, 1.54) is 13.1 Å². The molecule has 0 aromatic carbocycles. The third-order valence-electron chi connectivity index (χ3n) is 3.18. The number of alkyl halides is 3. The monoisotopic (exact) mass is 316 g/mol. The summed E-state index contributed by atoms with van der Waals surface area (Å²) in [6.45, 7) is 3.32. The maximum Gasteiger partial charge on any atom is 0.433 e. The van der Waals surface area contributed by atoms with Gasteiger partial charge in [0, 0.05) is 6.20 Å². The minimum Gasteiger partial charge on any atom is -0.317 e. The number of aryl methyl sites for hydroxylation is 1. The molecular formula is C12H17Cl2F3N2. The molecule has 1 N–H and O–H groups in total. The first kappa shape index (κ1) is 18.5. The molecule has 1 aromatic heterocycles. The summed E-state index contributed by atoms with van der Waals surface area (Å²) in [5.41, 5.74) is 0.376. The molecule has 0 atom stereocenters. The van der Waals surface area contributed by atoms with Crippen LogP contribution in [0.15, 0.2) is 12.3 Å². The quantitative estimate of drug-likeness (QED) is 0.854. The molecule has 2 heterocycles. The van der Waals surface area contributed by atoms with Crippen LogP contribution in [0.1, 0.15) is 35.6 Å². The van der Waals surface area contributed by atoms with Gasteiger partial charge in [-0.2, -0.15) is 13.2 Å². The molecule has 2 rings (SSSR count). The Morgan fingerprint density at radius 1 is 1.21 bits per heavy atom. The third kappa shape index (κ3) is 4.51. The van der Waals surface area contributed by atoms with Crippen molar-refractivity contribution in [3.05, 3.63) is 29.1 Å². The van der Waals surface area contributed by atoms with E-state index in [0.29, 0.717) is 5.92 Å². The highest BCUT2D eigenvalue weighted by Gasteiger charge is 2.34. The Morgan fingerprint density at radius 3 is 2.26 bits per heavy atom. The molecule has 0 amide bonds. The minimum absolute atomic E-state index is 0. The summed E-state index contributed by atoms with van der Waals surface area (Å²) in [6, 6.07) is 1.63. The lowest BCUT2D eigenvalue weighted by Gasteiger charge is -2.23. The van der Waals surface area contributed by atoms with Gasteiger partial charge in [-0.05, 0) is 49.9 Å². The molecule has 0 spiro atoms. The molecular weight excluding hydrogens is 300 g/mol. The molecule has 0 bridgehead atoms. The predicted molar refractivity (Wildman–Crippen MR) is 73.3 cm³/mol. The number of rotatable bonds is 1. The van der Waals surface area contributed by atoms with E-state index in [9.17, 15) is 13.2 Å². The van der Waals surface area contributed by atoms with Crippen LogP contribution in [0.25, 0.3) is 0 Å². The highest BCUT2D eigenvalue weighted by atomic mass is 35.5. The van der Waals surface area contributed by atoms with Gasteiger partial charge in [0.05, 0.1) is 0 Å². The van der Waals surface area contributed by atoms with Crippen molar-refractivity contribution in [2.45, 2.75) is 31.9 Å². The summed E-state index contributed by atoms with van der Waals surface area (Å²) in [6.07, 6.45) is -1.04. The van der Waals surface area contributed by atoms with Crippen LogP contribution in [-0.2, 0) is 6.18 Å². The van der Waals surface area contributed by atoms with Crippen molar-refractivity contribution in [3.8, 4) is 0 Å². The van der Waals surface area contributed by atoms with E-state index in [2.05, 4.69) is 10.3 Å². The summed E-state index contributed by atoms with van der Waals surface area (Å²) in [5.74, 6) is 0.338. The van der Waals surface area contributed by atoms with E-state index in [-0.39, 0.29) is 30.4 Å². The van der Waals surface area contributed by atoms with Gasteiger partial charge in [-0.1, -0.05) is 6.07 Å². The third-order valence-corrected chi connectivity index (χ3v) is 3.18. The zero-order chi connectivity index (χ0) is 12.5. The Kier molecular flexibility index (Phi) is 7.11. The number of nitrogens with one attached hydrogen (secondary N) is 1. The molecule has 1 aliphatic heterocycles. The predicted octanol–water partition coefficient (Wildman–Crippen LogP) is 3.72. The highest BCUT2D eigenvalue weighted by molar-refractivity contribution is 5.85. The first-order chi connectivity index (χ1) is 7.98. The average Bonchev–Trinajstić information content (AvgIpc) is 2.28. The lowest BCUT2D eigenvalue weighted by molar-refractivity contribution is -0.141. The maximum atomic E-state index is 12.6. The van der Waals surface area contributed by atoms with Crippen LogP contribution >= 0.6 is 24.8 Å². The number of hydrogen-bond acceptors (Lipinski definition) is 2. The average molecular weight is 317 g/mol. The number of piperidine rings is 1. The highest BCUT2D eigenvalue weighted by Crippen LogP contribution is 2.32. The molecule has 0 radical (unpaired) electrons. The minimum atomic E-state index is -4.35. The number of nitrogens with zero attached hydrogens (tertiary/aromatic N) is 1. The number of hydrogen-bond donors (Lipinski definition) is 1. The van der Waals surface area contributed by atoms with E-state index in [1.807, 2.05) is 0 Å². The molecule has 1 aromatic rings. The van der Waals surface area contributed by atoms with Gasteiger partial charge in [-0.25, -0.2) is 0 Å². The lowest BCUT2D eigenvalue weighted by atomic mass is 9.90. The largest absolute Gasteiger partial charge is 0.433 e. The second-order valence-corrected chi connectivity index (χ2v) is 4.46. The second kappa shape index (κ2) is 7.31. The number of aromatic nitrogens is 1. The normalized spacial score (nSPS) is 16.4. The summed E-state index contributed by atoms with van der Waals surface area (Å²) < 4.78 is 37.7. The molecule has 110 valence electrons. The van der Waals surface area contributed by atoms with Gasteiger partial charge in [0.25, 0.3) is 0 Å². The van der Waals surface area contributed by atoms with E-state index in [1.54, 1.807) is 6.07 Å². The molecule has 19 heavy (non-hydrogen) atoms. The van der Waals surface area contributed by atoms with Crippen LogP contribution in [0.2, 0.25) is 0 Å². The summed E-state index contributed by atoms with van der Waals surface area (Å²) >= 11 is 0. The summed E-state index contributed by atoms with van der Waals surface area (Å²) in [5, 5.41) is 3.23. The molecule has 1 saturated heterocycles. The topological polar surface area (TPSA) is 24.9 Å². The Morgan fingerprint density at radius 2 is 1.79 bits per heavy atom. The van der Waals surface area contributed by atoms with E-state index in [4.69, 9.17) is 0 Å².